The van der Waals surface area contributed by atoms with E-state index in [1.165, 1.54) is 0 Å². The summed E-state index contributed by atoms with van der Waals surface area (Å²) in [5.74, 6) is 0.959. The van der Waals surface area contributed by atoms with Gasteiger partial charge in [0, 0.05) is 32.1 Å². The van der Waals surface area contributed by atoms with Gasteiger partial charge in [0.25, 0.3) is 5.91 Å². The van der Waals surface area contributed by atoms with Crippen LogP contribution in [0.25, 0.3) is 0 Å². The van der Waals surface area contributed by atoms with Crippen LogP contribution in [0.1, 0.15) is 31.2 Å². The number of benzene rings is 1. The number of ether oxygens (including phenoxy) is 2. The number of hydrogen-bond donors (Lipinski definition) is 2. The number of nitrogens with zero attached hydrogens (tertiary/aromatic N) is 1. The predicted molar refractivity (Wildman–Crippen MR) is 116 cm³/mol. The number of halogens is 1. The first-order chi connectivity index (χ1) is 13.6. The van der Waals surface area contributed by atoms with Crippen molar-refractivity contribution in [3.8, 4) is 11.5 Å². The van der Waals surface area contributed by atoms with Crippen molar-refractivity contribution in [2.24, 2.45) is 5.73 Å². The number of nitrogens with two attached hydrogens (primary N) is 1. The zero-order valence-corrected chi connectivity index (χ0v) is 17.8. The molecule has 1 aliphatic rings. The second kappa shape index (κ2) is 13.1. The van der Waals surface area contributed by atoms with Gasteiger partial charge in [-0.15, -0.1) is 19.0 Å². The zero-order chi connectivity index (χ0) is 20.4. The van der Waals surface area contributed by atoms with E-state index in [9.17, 15) is 9.59 Å². The van der Waals surface area contributed by atoms with E-state index in [-0.39, 0.29) is 36.9 Å². The van der Waals surface area contributed by atoms with E-state index in [1.54, 1.807) is 7.11 Å². The topological polar surface area (TPSA) is 93.9 Å². The Hall–Kier alpha value is -2.25. The summed E-state index contributed by atoms with van der Waals surface area (Å²) in [7, 11) is 1.58. The minimum atomic E-state index is -0.0880. The summed E-state index contributed by atoms with van der Waals surface area (Å²) in [4.78, 5) is 26.2. The maximum Gasteiger partial charge on any atom is 0.260 e. The van der Waals surface area contributed by atoms with Crippen LogP contribution in [0.5, 0.6) is 11.5 Å². The first kappa shape index (κ1) is 24.8. The Balaban J connectivity index is 0.00000420. The molecule has 0 saturated carbocycles. The van der Waals surface area contributed by atoms with Crippen LogP contribution in [-0.2, 0) is 16.0 Å². The SMILES string of the molecule is C=CCc1ccc(OCC(=O)N2CCCCC2CNC(=O)CCN)c(OC)c1.Cl. The molecule has 1 atom stereocenters. The normalized spacial score (nSPS) is 15.8. The number of hydrogen-bond acceptors (Lipinski definition) is 5. The van der Waals surface area contributed by atoms with E-state index in [0.29, 0.717) is 37.6 Å². The van der Waals surface area contributed by atoms with Crippen LogP contribution >= 0.6 is 12.4 Å². The van der Waals surface area contributed by atoms with E-state index in [0.717, 1.165) is 31.2 Å². The van der Waals surface area contributed by atoms with Gasteiger partial charge in [-0.05, 0) is 43.4 Å². The van der Waals surface area contributed by atoms with Crippen LogP contribution in [0.3, 0.4) is 0 Å². The Bertz CT molecular complexity index is 684. The number of nitrogens with one attached hydrogen (secondary N) is 1. The fourth-order valence-electron chi connectivity index (χ4n) is 3.34. The summed E-state index contributed by atoms with van der Waals surface area (Å²) in [5, 5.41) is 2.87. The van der Waals surface area contributed by atoms with Crippen LogP contribution in [-0.4, -0.2) is 56.1 Å². The number of rotatable bonds is 10. The molecule has 1 aromatic rings. The van der Waals surface area contributed by atoms with Crippen molar-refractivity contribution < 1.29 is 19.1 Å². The Morgan fingerprint density at radius 3 is 2.83 bits per heavy atom. The van der Waals surface area contributed by atoms with Crippen molar-refractivity contribution in [1.82, 2.24) is 10.2 Å². The largest absolute Gasteiger partial charge is 0.493 e. The van der Waals surface area contributed by atoms with Gasteiger partial charge < -0.3 is 25.4 Å². The van der Waals surface area contributed by atoms with Crippen LogP contribution < -0.4 is 20.5 Å². The lowest BCUT2D eigenvalue weighted by Gasteiger charge is -2.35. The summed E-state index contributed by atoms with van der Waals surface area (Å²) in [6, 6.07) is 5.62. The molecule has 0 aromatic heterocycles. The molecule has 7 nitrogen and oxygen atoms in total. The van der Waals surface area contributed by atoms with Gasteiger partial charge in [0.05, 0.1) is 7.11 Å². The van der Waals surface area contributed by atoms with Crippen molar-refractivity contribution in [3.63, 3.8) is 0 Å². The number of carbonyl (C=O) groups excluding carboxylic acids is 2. The Morgan fingerprint density at radius 2 is 2.14 bits per heavy atom. The van der Waals surface area contributed by atoms with E-state index in [1.807, 2.05) is 29.2 Å². The van der Waals surface area contributed by atoms with Gasteiger partial charge in [0.1, 0.15) is 0 Å². The fraction of sp³-hybridized carbons (Fsp3) is 0.524. The maximum atomic E-state index is 12.7. The smallest absolute Gasteiger partial charge is 0.260 e. The molecule has 2 amide bonds. The number of likely N-dealkylation sites (tertiary alicyclic amines) is 1. The third-order valence-electron chi connectivity index (χ3n) is 4.81. The third kappa shape index (κ3) is 7.59. The van der Waals surface area contributed by atoms with Crippen LogP contribution in [0.4, 0.5) is 0 Å². The van der Waals surface area contributed by atoms with Gasteiger partial charge >= 0.3 is 0 Å². The first-order valence-electron chi connectivity index (χ1n) is 9.75. The lowest BCUT2D eigenvalue weighted by atomic mass is 10.0. The fourth-order valence-corrected chi connectivity index (χ4v) is 3.34. The molecule has 3 N–H and O–H groups in total. The van der Waals surface area contributed by atoms with Crippen LogP contribution in [0.2, 0.25) is 0 Å². The van der Waals surface area contributed by atoms with Crippen molar-refractivity contribution in [2.75, 3.05) is 33.4 Å². The second-order valence-electron chi connectivity index (χ2n) is 6.85. The number of methoxy groups -OCH3 is 1. The number of amides is 2. The van der Waals surface area contributed by atoms with Crippen molar-refractivity contribution in [2.45, 2.75) is 38.1 Å². The Labute approximate surface area is 179 Å². The molecule has 29 heavy (non-hydrogen) atoms. The molecular weight excluding hydrogens is 394 g/mol. The number of piperidine rings is 1. The highest BCUT2D eigenvalue weighted by Crippen LogP contribution is 2.28. The molecule has 1 heterocycles. The molecule has 1 saturated heterocycles. The molecule has 2 rings (SSSR count). The van der Waals surface area contributed by atoms with Crippen molar-refractivity contribution in [1.29, 1.82) is 0 Å². The number of allylic oxidation sites excluding steroid dienone is 1. The number of carbonyl (C=O) groups is 2. The summed E-state index contributed by atoms with van der Waals surface area (Å²) in [6.07, 6.45) is 5.72. The predicted octanol–water partition coefficient (Wildman–Crippen LogP) is 2.07. The van der Waals surface area contributed by atoms with Crippen LogP contribution in [0, 0.1) is 0 Å². The summed E-state index contributed by atoms with van der Waals surface area (Å²) < 4.78 is 11.1. The van der Waals surface area contributed by atoms with Gasteiger partial charge in [-0.2, -0.15) is 0 Å². The first-order valence-corrected chi connectivity index (χ1v) is 9.75. The Morgan fingerprint density at radius 1 is 1.34 bits per heavy atom. The molecule has 0 spiro atoms. The van der Waals surface area contributed by atoms with Gasteiger partial charge in [-0.1, -0.05) is 12.1 Å². The highest BCUT2D eigenvalue weighted by molar-refractivity contribution is 5.85. The molecule has 0 bridgehead atoms. The summed E-state index contributed by atoms with van der Waals surface area (Å²) in [5.41, 5.74) is 6.47. The van der Waals surface area contributed by atoms with Gasteiger partial charge in [-0.25, -0.2) is 0 Å². The standard InChI is InChI=1S/C21H31N3O4.ClH/c1-3-6-16-8-9-18(19(13-16)27-2)28-15-21(26)24-12-5-4-7-17(24)14-23-20(25)10-11-22;/h3,8-9,13,17H,1,4-7,10-12,14-15,22H2,2H3,(H,23,25);1H. The monoisotopic (exact) mass is 425 g/mol. The zero-order valence-electron chi connectivity index (χ0n) is 17.0. The van der Waals surface area contributed by atoms with Gasteiger partial charge in [0.15, 0.2) is 18.1 Å². The maximum absolute atomic E-state index is 12.7. The van der Waals surface area contributed by atoms with Gasteiger partial charge in [0.2, 0.25) is 5.91 Å². The molecule has 1 unspecified atom stereocenters. The second-order valence-corrected chi connectivity index (χ2v) is 6.85. The summed E-state index contributed by atoms with van der Waals surface area (Å²) in [6.45, 7) is 5.11. The average molecular weight is 426 g/mol. The van der Waals surface area contributed by atoms with Crippen molar-refractivity contribution in [3.05, 3.63) is 36.4 Å². The molecule has 1 aromatic carbocycles. The highest BCUT2D eigenvalue weighted by Gasteiger charge is 2.27. The van der Waals surface area contributed by atoms with Crippen LogP contribution in [0.15, 0.2) is 30.9 Å². The summed E-state index contributed by atoms with van der Waals surface area (Å²) >= 11 is 0. The average Bonchev–Trinajstić information content (AvgIpc) is 2.71. The highest BCUT2D eigenvalue weighted by atomic mass is 35.5. The third-order valence-corrected chi connectivity index (χ3v) is 4.81. The molecule has 1 fully saturated rings. The molecular formula is C21H32ClN3O4. The molecule has 0 aliphatic carbocycles. The van der Waals surface area contributed by atoms with E-state index < -0.39 is 0 Å². The molecule has 0 radical (unpaired) electrons. The van der Waals surface area contributed by atoms with E-state index in [2.05, 4.69) is 11.9 Å². The molecule has 8 heteroatoms. The lowest BCUT2D eigenvalue weighted by Crippen LogP contribution is -2.50. The Kier molecular flexibility index (Phi) is 11.2. The molecule has 162 valence electrons. The minimum Gasteiger partial charge on any atom is -0.493 e. The quantitative estimate of drug-likeness (QED) is 0.559. The van der Waals surface area contributed by atoms with E-state index in [4.69, 9.17) is 15.2 Å². The minimum absolute atomic E-state index is 0. The molecule has 1 aliphatic heterocycles. The van der Waals surface area contributed by atoms with Crippen molar-refractivity contribution >= 4 is 24.2 Å². The lowest BCUT2D eigenvalue weighted by molar-refractivity contribution is -0.137. The van der Waals surface area contributed by atoms with Gasteiger partial charge in [-0.3, -0.25) is 9.59 Å². The van der Waals surface area contributed by atoms with E-state index >= 15 is 0 Å².